The Morgan fingerprint density at radius 1 is 1.44 bits per heavy atom. The van der Waals surface area contributed by atoms with Crippen molar-refractivity contribution in [1.82, 2.24) is 0 Å². The standard InChI is InChI=1S/C13H11FO2S2/c1-9(12(15)16)13(6-7-17-8-13)18-11-4-2-10(14)3-5-11/h2-7H,1,8H2,(H,15,16). The van der Waals surface area contributed by atoms with E-state index < -0.39 is 10.7 Å². The Labute approximate surface area is 113 Å². The molecule has 1 N–H and O–H groups in total. The molecule has 0 aromatic heterocycles. The van der Waals surface area contributed by atoms with Crippen molar-refractivity contribution >= 4 is 29.5 Å². The van der Waals surface area contributed by atoms with Crippen LogP contribution in [0.25, 0.3) is 0 Å². The summed E-state index contributed by atoms with van der Waals surface area (Å²) < 4.78 is 12.2. The lowest BCUT2D eigenvalue weighted by molar-refractivity contribution is -0.132. The number of carbonyl (C=O) groups is 1. The van der Waals surface area contributed by atoms with Gasteiger partial charge in [0.2, 0.25) is 0 Å². The Morgan fingerprint density at radius 3 is 2.61 bits per heavy atom. The van der Waals surface area contributed by atoms with Gasteiger partial charge in [0.1, 0.15) is 5.82 Å². The highest BCUT2D eigenvalue weighted by molar-refractivity contribution is 8.06. The summed E-state index contributed by atoms with van der Waals surface area (Å²) in [7, 11) is 0. The molecule has 0 spiro atoms. The molecule has 0 fully saturated rings. The van der Waals surface area contributed by atoms with Crippen molar-refractivity contribution in [2.45, 2.75) is 9.64 Å². The molecule has 18 heavy (non-hydrogen) atoms. The normalized spacial score (nSPS) is 22.1. The summed E-state index contributed by atoms with van der Waals surface area (Å²) in [5.74, 6) is -0.682. The fraction of sp³-hybridized carbons (Fsp3) is 0.154. The SMILES string of the molecule is C=C(C(=O)O)C1(Sc2ccc(F)cc2)C=CSC1. The molecular weight excluding hydrogens is 271 g/mol. The van der Waals surface area contributed by atoms with E-state index in [0.29, 0.717) is 5.75 Å². The number of rotatable bonds is 4. The first kappa shape index (κ1) is 13.2. The fourth-order valence-electron chi connectivity index (χ4n) is 1.58. The zero-order valence-electron chi connectivity index (χ0n) is 9.43. The van der Waals surface area contributed by atoms with E-state index in [1.54, 1.807) is 23.9 Å². The average molecular weight is 282 g/mol. The molecule has 94 valence electrons. The Bertz CT molecular complexity index is 510. The topological polar surface area (TPSA) is 37.3 Å². The summed E-state index contributed by atoms with van der Waals surface area (Å²) >= 11 is 2.94. The molecular formula is C13H11FO2S2. The lowest BCUT2D eigenvalue weighted by Crippen LogP contribution is -2.29. The maximum atomic E-state index is 12.8. The van der Waals surface area contributed by atoms with Gasteiger partial charge in [0, 0.05) is 10.6 Å². The van der Waals surface area contributed by atoms with Gasteiger partial charge in [-0.15, -0.1) is 23.5 Å². The molecule has 1 heterocycles. The average Bonchev–Trinajstić information content (AvgIpc) is 2.81. The highest BCUT2D eigenvalue weighted by Gasteiger charge is 2.38. The number of aliphatic carboxylic acids is 1. The van der Waals surface area contributed by atoms with Gasteiger partial charge in [-0.25, -0.2) is 9.18 Å². The third kappa shape index (κ3) is 2.62. The van der Waals surface area contributed by atoms with Crippen LogP contribution in [0.1, 0.15) is 0 Å². The lowest BCUT2D eigenvalue weighted by Gasteiger charge is -2.26. The van der Waals surface area contributed by atoms with E-state index in [-0.39, 0.29) is 11.4 Å². The van der Waals surface area contributed by atoms with E-state index in [4.69, 9.17) is 5.11 Å². The van der Waals surface area contributed by atoms with Crippen molar-refractivity contribution in [2.24, 2.45) is 0 Å². The number of halogens is 1. The minimum absolute atomic E-state index is 0.151. The molecule has 0 saturated heterocycles. The van der Waals surface area contributed by atoms with E-state index in [9.17, 15) is 9.18 Å². The molecule has 1 atom stereocenters. The number of hydrogen-bond donors (Lipinski definition) is 1. The first-order valence-corrected chi connectivity index (χ1v) is 7.07. The van der Waals surface area contributed by atoms with E-state index in [1.807, 2.05) is 11.5 Å². The summed E-state index contributed by atoms with van der Waals surface area (Å²) in [6, 6.07) is 6.03. The van der Waals surface area contributed by atoms with Crippen molar-refractivity contribution in [3.8, 4) is 0 Å². The van der Waals surface area contributed by atoms with Crippen molar-refractivity contribution in [3.63, 3.8) is 0 Å². The molecule has 5 heteroatoms. The van der Waals surface area contributed by atoms with Crippen LogP contribution in [0.2, 0.25) is 0 Å². The van der Waals surface area contributed by atoms with Crippen LogP contribution in [0.5, 0.6) is 0 Å². The third-order valence-electron chi connectivity index (χ3n) is 2.61. The number of hydrogen-bond acceptors (Lipinski definition) is 3. The molecule has 1 unspecified atom stereocenters. The predicted octanol–water partition coefficient (Wildman–Crippen LogP) is 3.56. The monoisotopic (exact) mass is 282 g/mol. The number of carboxylic acid groups (broad SMARTS) is 1. The second-order valence-corrected chi connectivity index (χ2v) is 6.14. The first-order valence-electron chi connectivity index (χ1n) is 5.20. The summed E-state index contributed by atoms with van der Waals surface area (Å²) in [5.41, 5.74) is 0.151. The molecule has 1 aromatic carbocycles. The molecule has 2 rings (SSSR count). The van der Waals surface area contributed by atoms with Gasteiger partial charge in [0.15, 0.2) is 0 Å². The lowest BCUT2D eigenvalue weighted by atomic mass is 10.0. The summed E-state index contributed by atoms with van der Waals surface area (Å²) in [6.45, 7) is 3.66. The number of benzene rings is 1. The van der Waals surface area contributed by atoms with Crippen molar-refractivity contribution in [1.29, 1.82) is 0 Å². The van der Waals surface area contributed by atoms with Crippen molar-refractivity contribution in [3.05, 3.63) is 53.7 Å². The van der Waals surface area contributed by atoms with Crippen LogP contribution >= 0.6 is 23.5 Å². The Hall–Kier alpha value is -1.20. The molecule has 1 aliphatic rings. The smallest absolute Gasteiger partial charge is 0.332 e. The largest absolute Gasteiger partial charge is 0.478 e. The van der Waals surface area contributed by atoms with Crippen LogP contribution in [-0.4, -0.2) is 21.6 Å². The third-order valence-corrected chi connectivity index (χ3v) is 5.15. The zero-order chi connectivity index (χ0) is 13.2. The van der Waals surface area contributed by atoms with E-state index in [1.165, 1.54) is 23.9 Å². The van der Waals surface area contributed by atoms with Gasteiger partial charge >= 0.3 is 5.97 Å². The van der Waals surface area contributed by atoms with Gasteiger partial charge < -0.3 is 5.11 Å². The van der Waals surface area contributed by atoms with Gasteiger partial charge in [0.25, 0.3) is 0 Å². The minimum atomic E-state index is -1.00. The summed E-state index contributed by atoms with van der Waals surface area (Å²) in [6.07, 6.45) is 1.85. The maximum Gasteiger partial charge on any atom is 0.332 e. The molecule has 0 amide bonds. The molecule has 0 bridgehead atoms. The summed E-state index contributed by atoms with van der Waals surface area (Å²) in [4.78, 5) is 11.9. The molecule has 0 aliphatic carbocycles. The van der Waals surface area contributed by atoms with Gasteiger partial charge in [-0.2, -0.15) is 0 Å². The molecule has 0 saturated carbocycles. The number of carboxylic acids is 1. The second-order valence-electron chi connectivity index (χ2n) is 3.84. The van der Waals surface area contributed by atoms with Crippen LogP contribution < -0.4 is 0 Å². The van der Waals surface area contributed by atoms with Crippen LogP contribution in [0.3, 0.4) is 0 Å². The van der Waals surface area contributed by atoms with Gasteiger partial charge in [-0.1, -0.05) is 12.7 Å². The molecule has 2 nitrogen and oxygen atoms in total. The van der Waals surface area contributed by atoms with Gasteiger partial charge in [0.05, 0.1) is 10.3 Å². The summed E-state index contributed by atoms with van der Waals surface area (Å²) in [5, 5.41) is 11.0. The Kier molecular flexibility index (Phi) is 3.82. The highest BCUT2D eigenvalue weighted by atomic mass is 32.2. The van der Waals surface area contributed by atoms with Crippen molar-refractivity contribution < 1.29 is 14.3 Å². The van der Waals surface area contributed by atoms with E-state index >= 15 is 0 Å². The molecule has 1 aliphatic heterocycles. The predicted molar refractivity (Wildman–Crippen MR) is 73.4 cm³/mol. The fourth-order valence-corrected chi connectivity index (χ4v) is 4.09. The van der Waals surface area contributed by atoms with Gasteiger partial charge in [-0.3, -0.25) is 0 Å². The van der Waals surface area contributed by atoms with Crippen LogP contribution in [0.15, 0.2) is 52.8 Å². The first-order chi connectivity index (χ1) is 8.53. The van der Waals surface area contributed by atoms with Crippen molar-refractivity contribution in [2.75, 3.05) is 5.75 Å². The van der Waals surface area contributed by atoms with Crippen LogP contribution in [0, 0.1) is 5.82 Å². The molecule has 1 aromatic rings. The Morgan fingerprint density at radius 2 is 2.11 bits per heavy atom. The quantitative estimate of drug-likeness (QED) is 0.857. The number of thioether (sulfide) groups is 2. The zero-order valence-corrected chi connectivity index (χ0v) is 11.1. The van der Waals surface area contributed by atoms with Crippen LogP contribution in [-0.2, 0) is 4.79 Å². The van der Waals surface area contributed by atoms with E-state index in [0.717, 1.165) is 4.90 Å². The Balaban J connectivity index is 2.27. The maximum absolute atomic E-state index is 12.8. The van der Waals surface area contributed by atoms with Crippen LogP contribution in [0.4, 0.5) is 4.39 Å². The molecule has 0 radical (unpaired) electrons. The highest BCUT2D eigenvalue weighted by Crippen LogP contribution is 2.45. The van der Waals surface area contributed by atoms with Gasteiger partial charge in [-0.05, 0) is 29.7 Å². The minimum Gasteiger partial charge on any atom is -0.478 e. The second kappa shape index (κ2) is 5.20. The van der Waals surface area contributed by atoms with E-state index in [2.05, 4.69) is 6.58 Å².